The van der Waals surface area contributed by atoms with Crippen LogP contribution in [0.1, 0.15) is 45.2 Å². The number of benzene rings is 1. The maximum atomic E-state index is 12.1. The molecule has 0 heterocycles. The Kier molecular flexibility index (Phi) is 8.87. The Balaban J connectivity index is 2.69. The first-order valence-electron chi connectivity index (χ1n) is 8.05. The fraction of sp³-hybridized carbons (Fsp3) is 0.529. The van der Waals surface area contributed by atoms with E-state index in [2.05, 4.69) is 45.3 Å². The molecule has 1 aromatic rings. The van der Waals surface area contributed by atoms with Crippen LogP contribution in [0.3, 0.4) is 0 Å². The van der Waals surface area contributed by atoms with Gasteiger partial charge < -0.3 is 5.32 Å². The smallest absolute Gasteiger partial charge is 0.321 e. The van der Waals surface area contributed by atoms with Crippen molar-refractivity contribution < 1.29 is 9.59 Å². The highest BCUT2D eigenvalue weighted by molar-refractivity contribution is 9.10. The Hall–Kier alpha value is -1.40. The maximum Gasteiger partial charge on any atom is 0.321 e. The van der Waals surface area contributed by atoms with Gasteiger partial charge in [-0.3, -0.25) is 15.0 Å². The molecule has 5 nitrogen and oxygen atoms in total. The molecule has 1 aromatic carbocycles. The van der Waals surface area contributed by atoms with Crippen molar-refractivity contribution in [1.82, 2.24) is 15.5 Å². The summed E-state index contributed by atoms with van der Waals surface area (Å²) >= 11 is 3.56. The highest BCUT2D eigenvalue weighted by Gasteiger charge is 2.20. The summed E-state index contributed by atoms with van der Waals surface area (Å²) < 4.78 is 1.02. The number of hydrogen-bond donors (Lipinski definition) is 2. The topological polar surface area (TPSA) is 61.4 Å². The van der Waals surface area contributed by atoms with Crippen LogP contribution < -0.4 is 10.6 Å². The van der Waals surface area contributed by atoms with E-state index >= 15 is 0 Å². The van der Waals surface area contributed by atoms with Crippen molar-refractivity contribution >= 4 is 27.9 Å². The van der Waals surface area contributed by atoms with Crippen LogP contribution in [0.15, 0.2) is 28.7 Å². The molecule has 23 heavy (non-hydrogen) atoms. The molecule has 0 saturated carbocycles. The van der Waals surface area contributed by atoms with E-state index in [-0.39, 0.29) is 18.5 Å². The molecule has 6 heteroatoms. The van der Waals surface area contributed by atoms with Crippen LogP contribution in [0, 0.1) is 0 Å². The van der Waals surface area contributed by atoms with Gasteiger partial charge in [0, 0.05) is 17.1 Å². The third-order valence-corrected chi connectivity index (χ3v) is 4.27. The number of halogens is 1. The van der Waals surface area contributed by atoms with Gasteiger partial charge in [-0.15, -0.1) is 0 Å². The number of nitrogens with zero attached hydrogens (tertiary/aromatic N) is 1. The van der Waals surface area contributed by atoms with Crippen molar-refractivity contribution in [1.29, 1.82) is 0 Å². The number of urea groups is 1. The lowest BCUT2D eigenvalue weighted by atomic mass is 10.1. The van der Waals surface area contributed by atoms with Crippen LogP contribution in [0.25, 0.3) is 0 Å². The van der Waals surface area contributed by atoms with Gasteiger partial charge in [0.25, 0.3) is 0 Å². The van der Waals surface area contributed by atoms with Crippen molar-refractivity contribution in [3.05, 3.63) is 34.3 Å². The molecule has 0 aliphatic rings. The number of rotatable bonds is 8. The molecule has 0 spiro atoms. The van der Waals surface area contributed by atoms with E-state index in [4.69, 9.17) is 0 Å². The van der Waals surface area contributed by atoms with E-state index in [0.29, 0.717) is 6.54 Å². The molecule has 0 aromatic heterocycles. The summed E-state index contributed by atoms with van der Waals surface area (Å²) in [5.74, 6) is -0.286. The summed E-state index contributed by atoms with van der Waals surface area (Å²) in [4.78, 5) is 25.7. The van der Waals surface area contributed by atoms with E-state index in [0.717, 1.165) is 29.4 Å². The molecular weight excluding hydrogens is 358 g/mol. The second kappa shape index (κ2) is 10.4. The number of imide groups is 1. The van der Waals surface area contributed by atoms with E-state index in [9.17, 15) is 9.59 Å². The number of hydrogen-bond acceptors (Lipinski definition) is 3. The SMILES string of the molecule is CCCNC(=O)NC(=O)CN(CCC)C(C)c1ccccc1Br. The third kappa shape index (κ3) is 6.71. The van der Waals surface area contributed by atoms with E-state index in [1.807, 2.05) is 31.2 Å². The molecule has 1 unspecified atom stereocenters. The van der Waals surface area contributed by atoms with Gasteiger partial charge in [0.15, 0.2) is 0 Å². The van der Waals surface area contributed by atoms with Crippen molar-refractivity contribution in [3.63, 3.8) is 0 Å². The lowest BCUT2D eigenvalue weighted by molar-refractivity contribution is -0.121. The average molecular weight is 384 g/mol. The first-order chi connectivity index (χ1) is 11.0. The summed E-state index contributed by atoms with van der Waals surface area (Å²) in [7, 11) is 0. The Morgan fingerprint density at radius 2 is 1.91 bits per heavy atom. The van der Waals surface area contributed by atoms with Gasteiger partial charge >= 0.3 is 6.03 Å². The third-order valence-electron chi connectivity index (χ3n) is 3.55. The molecule has 2 N–H and O–H groups in total. The highest BCUT2D eigenvalue weighted by atomic mass is 79.9. The molecule has 3 amide bonds. The highest BCUT2D eigenvalue weighted by Crippen LogP contribution is 2.27. The lowest BCUT2D eigenvalue weighted by Crippen LogP contribution is -2.45. The van der Waals surface area contributed by atoms with Crippen LogP contribution in [-0.4, -0.2) is 36.5 Å². The van der Waals surface area contributed by atoms with E-state index in [1.54, 1.807) is 0 Å². The molecule has 0 radical (unpaired) electrons. The van der Waals surface area contributed by atoms with Crippen molar-refractivity contribution in [2.24, 2.45) is 0 Å². The summed E-state index contributed by atoms with van der Waals surface area (Å²) in [6.07, 6.45) is 1.77. The van der Waals surface area contributed by atoms with Gasteiger partial charge in [-0.25, -0.2) is 4.79 Å². The average Bonchev–Trinajstić information content (AvgIpc) is 2.52. The van der Waals surface area contributed by atoms with Crippen LogP contribution in [0.2, 0.25) is 0 Å². The standard InChI is InChI=1S/C17H26BrN3O2/c1-4-10-19-17(23)20-16(22)12-21(11-5-2)13(3)14-8-6-7-9-15(14)18/h6-9,13H,4-5,10-12H2,1-3H3,(H2,19,20,22,23). The minimum atomic E-state index is -0.429. The monoisotopic (exact) mass is 383 g/mol. The molecule has 0 fully saturated rings. The van der Waals surface area contributed by atoms with Crippen molar-refractivity contribution in [2.75, 3.05) is 19.6 Å². The quantitative estimate of drug-likeness (QED) is 0.722. The Morgan fingerprint density at radius 3 is 2.52 bits per heavy atom. The number of nitrogens with one attached hydrogen (secondary N) is 2. The van der Waals surface area contributed by atoms with Crippen molar-refractivity contribution in [2.45, 2.75) is 39.7 Å². The minimum Gasteiger partial charge on any atom is -0.338 e. The van der Waals surface area contributed by atoms with Gasteiger partial charge in [-0.1, -0.05) is 48.0 Å². The molecule has 0 saturated heterocycles. The molecule has 1 rings (SSSR count). The largest absolute Gasteiger partial charge is 0.338 e. The molecule has 0 bridgehead atoms. The minimum absolute atomic E-state index is 0.0787. The zero-order valence-electron chi connectivity index (χ0n) is 14.1. The van der Waals surface area contributed by atoms with Crippen molar-refractivity contribution in [3.8, 4) is 0 Å². The Labute approximate surface area is 146 Å². The number of carbonyl (C=O) groups is 2. The normalized spacial score (nSPS) is 12.0. The van der Waals surface area contributed by atoms with Gasteiger partial charge in [0.05, 0.1) is 6.54 Å². The fourth-order valence-electron chi connectivity index (χ4n) is 2.34. The second-order valence-corrected chi connectivity index (χ2v) is 6.33. The van der Waals surface area contributed by atoms with Crippen LogP contribution in [0.4, 0.5) is 4.79 Å². The lowest BCUT2D eigenvalue weighted by Gasteiger charge is -2.29. The first kappa shape index (κ1) is 19.6. The van der Waals surface area contributed by atoms with Crippen LogP contribution in [0.5, 0.6) is 0 Å². The molecule has 0 aliphatic carbocycles. The van der Waals surface area contributed by atoms with E-state index in [1.165, 1.54) is 0 Å². The Morgan fingerprint density at radius 1 is 1.22 bits per heavy atom. The van der Waals surface area contributed by atoms with Gasteiger partial charge in [-0.2, -0.15) is 0 Å². The summed E-state index contributed by atoms with van der Waals surface area (Å²) in [6, 6.07) is 7.64. The van der Waals surface area contributed by atoms with E-state index < -0.39 is 6.03 Å². The number of carbonyl (C=O) groups excluding carboxylic acids is 2. The summed E-state index contributed by atoms with van der Waals surface area (Å²) in [6.45, 7) is 7.64. The second-order valence-electron chi connectivity index (χ2n) is 5.47. The Bertz CT molecular complexity index is 522. The van der Waals surface area contributed by atoms with Crippen LogP contribution >= 0.6 is 15.9 Å². The zero-order valence-corrected chi connectivity index (χ0v) is 15.6. The van der Waals surface area contributed by atoms with Gasteiger partial charge in [0.1, 0.15) is 0 Å². The van der Waals surface area contributed by atoms with Crippen LogP contribution in [-0.2, 0) is 4.79 Å². The molecule has 128 valence electrons. The molecular formula is C17H26BrN3O2. The zero-order chi connectivity index (χ0) is 17.2. The summed E-state index contributed by atoms with van der Waals surface area (Å²) in [5.41, 5.74) is 1.13. The summed E-state index contributed by atoms with van der Waals surface area (Å²) in [5, 5.41) is 5.02. The fourth-order valence-corrected chi connectivity index (χ4v) is 2.96. The molecule has 1 atom stereocenters. The number of amides is 3. The maximum absolute atomic E-state index is 12.1. The van der Waals surface area contributed by atoms with Gasteiger partial charge in [0.2, 0.25) is 5.91 Å². The predicted octanol–water partition coefficient (Wildman–Crippen LogP) is 3.46. The van der Waals surface area contributed by atoms with Gasteiger partial charge in [-0.05, 0) is 37.9 Å². The molecule has 0 aliphatic heterocycles. The predicted molar refractivity (Wildman–Crippen MR) is 96.3 cm³/mol. The first-order valence-corrected chi connectivity index (χ1v) is 8.85.